The molecule has 3 atom stereocenters. The van der Waals surface area contributed by atoms with Crippen LogP contribution >= 0.6 is 0 Å². The summed E-state index contributed by atoms with van der Waals surface area (Å²) in [4.78, 5) is 32.6. The van der Waals surface area contributed by atoms with Crippen molar-refractivity contribution < 1.29 is 14.7 Å². The lowest BCUT2D eigenvalue weighted by atomic mass is 10.1. The third-order valence-corrected chi connectivity index (χ3v) is 4.57. The first kappa shape index (κ1) is 18.0. The Hall–Kier alpha value is -2.80. The summed E-state index contributed by atoms with van der Waals surface area (Å²) >= 11 is 0. The summed E-state index contributed by atoms with van der Waals surface area (Å²) in [6.45, 7) is 0.497. The minimum absolute atomic E-state index is 0.0966. The second-order valence-electron chi connectivity index (χ2n) is 6.41. The van der Waals surface area contributed by atoms with Gasteiger partial charge in [-0.05, 0) is 37.1 Å². The van der Waals surface area contributed by atoms with E-state index in [1.807, 2.05) is 18.2 Å². The molecular formula is C19H22N4O3. The lowest BCUT2D eigenvalue weighted by molar-refractivity contribution is -0.125. The van der Waals surface area contributed by atoms with Gasteiger partial charge in [-0.15, -0.1) is 0 Å². The first-order valence-electron chi connectivity index (χ1n) is 8.70. The molecule has 0 radical (unpaired) electrons. The van der Waals surface area contributed by atoms with E-state index in [9.17, 15) is 14.7 Å². The molecular weight excluding hydrogens is 332 g/mol. The standard InChI is InChI=1S/C19H22N4O3/c24-17-12-14(18(25)22-10-6-15-3-1-2-7-21-15)11-16(17)23-19(26)13-4-8-20-9-5-13/h1-5,7-9,14,16-17,24H,6,10-12H2,(H,22,25)(H,23,26)/t14-,16+,17+/m0/s1. The average Bonchev–Trinajstić information content (AvgIpc) is 3.04. The van der Waals surface area contributed by atoms with E-state index < -0.39 is 12.1 Å². The molecule has 2 aromatic heterocycles. The first-order chi connectivity index (χ1) is 12.6. The van der Waals surface area contributed by atoms with Gasteiger partial charge in [-0.1, -0.05) is 6.07 Å². The minimum Gasteiger partial charge on any atom is -0.391 e. The first-order valence-corrected chi connectivity index (χ1v) is 8.70. The number of nitrogens with one attached hydrogen (secondary N) is 2. The van der Waals surface area contributed by atoms with Crippen LogP contribution in [0.4, 0.5) is 0 Å². The molecule has 0 aliphatic heterocycles. The maximum atomic E-state index is 12.3. The molecule has 0 bridgehead atoms. The van der Waals surface area contributed by atoms with Crippen LogP contribution in [0, 0.1) is 5.92 Å². The van der Waals surface area contributed by atoms with Gasteiger partial charge in [0.25, 0.3) is 5.91 Å². The van der Waals surface area contributed by atoms with Gasteiger partial charge in [0.15, 0.2) is 0 Å². The van der Waals surface area contributed by atoms with Crippen LogP contribution in [0.5, 0.6) is 0 Å². The fourth-order valence-corrected chi connectivity index (χ4v) is 3.14. The zero-order chi connectivity index (χ0) is 18.4. The maximum absolute atomic E-state index is 12.3. The van der Waals surface area contributed by atoms with Crippen LogP contribution in [0.1, 0.15) is 28.9 Å². The zero-order valence-corrected chi connectivity index (χ0v) is 14.3. The molecule has 1 fully saturated rings. The highest BCUT2D eigenvalue weighted by Gasteiger charge is 2.37. The Morgan fingerprint density at radius 2 is 1.92 bits per heavy atom. The van der Waals surface area contributed by atoms with E-state index in [0.717, 1.165) is 5.69 Å². The van der Waals surface area contributed by atoms with Crippen LogP contribution in [0.15, 0.2) is 48.9 Å². The number of carbonyl (C=O) groups excluding carboxylic acids is 2. The summed E-state index contributed by atoms with van der Waals surface area (Å²) in [6.07, 6.45) is 5.50. The molecule has 0 unspecified atom stereocenters. The normalized spacial score (nSPS) is 22.0. The molecule has 0 saturated heterocycles. The summed E-state index contributed by atoms with van der Waals surface area (Å²) < 4.78 is 0. The van der Waals surface area contributed by atoms with E-state index in [1.54, 1.807) is 18.3 Å². The van der Waals surface area contributed by atoms with Gasteiger partial charge in [0.2, 0.25) is 5.91 Å². The van der Waals surface area contributed by atoms with E-state index in [1.165, 1.54) is 12.4 Å². The molecule has 0 spiro atoms. The van der Waals surface area contributed by atoms with Crippen LogP contribution in [-0.4, -0.2) is 45.6 Å². The van der Waals surface area contributed by atoms with Gasteiger partial charge in [0.1, 0.15) is 0 Å². The number of pyridine rings is 2. The molecule has 1 aliphatic carbocycles. The number of aromatic nitrogens is 2. The molecule has 7 heteroatoms. The highest BCUT2D eigenvalue weighted by molar-refractivity contribution is 5.94. The number of rotatable bonds is 6. The van der Waals surface area contributed by atoms with Gasteiger partial charge in [0, 0.05) is 48.7 Å². The third kappa shape index (κ3) is 4.64. The van der Waals surface area contributed by atoms with Crippen LogP contribution in [0.2, 0.25) is 0 Å². The smallest absolute Gasteiger partial charge is 0.251 e. The molecule has 26 heavy (non-hydrogen) atoms. The average molecular weight is 354 g/mol. The van der Waals surface area contributed by atoms with Crippen LogP contribution in [0.3, 0.4) is 0 Å². The van der Waals surface area contributed by atoms with Gasteiger partial charge in [0.05, 0.1) is 12.1 Å². The van der Waals surface area contributed by atoms with Gasteiger partial charge >= 0.3 is 0 Å². The topological polar surface area (TPSA) is 104 Å². The van der Waals surface area contributed by atoms with Gasteiger partial charge < -0.3 is 15.7 Å². The molecule has 1 saturated carbocycles. The summed E-state index contributed by atoms with van der Waals surface area (Å²) in [5.74, 6) is -0.676. The predicted molar refractivity (Wildman–Crippen MR) is 95.2 cm³/mol. The van der Waals surface area contributed by atoms with Crippen molar-refractivity contribution in [3.63, 3.8) is 0 Å². The Bertz CT molecular complexity index is 739. The molecule has 136 valence electrons. The van der Waals surface area contributed by atoms with Crippen molar-refractivity contribution in [2.45, 2.75) is 31.4 Å². The highest BCUT2D eigenvalue weighted by Crippen LogP contribution is 2.26. The van der Waals surface area contributed by atoms with E-state index in [2.05, 4.69) is 20.6 Å². The number of amides is 2. The minimum atomic E-state index is -0.729. The van der Waals surface area contributed by atoms with Crippen molar-refractivity contribution >= 4 is 11.8 Å². The molecule has 2 aromatic rings. The number of hydrogen-bond donors (Lipinski definition) is 3. The Labute approximate surface area is 151 Å². The van der Waals surface area contributed by atoms with Crippen molar-refractivity contribution in [1.29, 1.82) is 0 Å². The zero-order valence-electron chi connectivity index (χ0n) is 14.3. The van der Waals surface area contributed by atoms with Crippen molar-refractivity contribution in [1.82, 2.24) is 20.6 Å². The number of aliphatic hydroxyl groups excluding tert-OH is 1. The molecule has 3 N–H and O–H groups in total. The molecule has 0 aromatic carbocycles. The number of hydrogen-bond acceptors (Lipinski definition) is 5. The van der Waals surface area contributed by atoms with Crippen LogP contribution in [-0.2, 0) is 11.2 Å². The lowest BCUT2D eigenvalue weighted by Gasteiger charge is -2.16. The third-order valence-electron chi connectivity index (χ3n) is 4.57. The van der Waals surface area contributed by atoms with Gasteiger partial charge in [-0.2, -0.15) is 0 Å². The van der Waals surface area contributed by atoms with Crippen LogP contribution in [0.25, 0.3) is 0 Å². The van der Waals surface area contributed by atoms with E-state index in [0.29, 0.717) is 31.4 Å². The lowest BCUT2D eigenvalue weighted by Crippen LogP contribution is -2.40. The van der Waals surface area contributed by atoms with Crippen molar-refractivity contribution in [2.24, 2.45) is 5.92 Å². The van der Waals surface area contributed by atoms with E-state index in [-0.39, 0.29) is 17.7 Å². The molecule has 7 nitrogen and oxygen atoms in total. The highest BCUT2D eigenvalue weighted by atomic mass is 16.3. The molecule has 1 aliphatic rings. The quantitative estimate of drug-likeness (QED) is 0.709. The fraction of sp³-hybridized carbons (Fsp3) is 0.368. The summed E-state index contributed by atoms with van der Waals surface area (Å²) in [7, 11) is 0. The summed E-state index contributed by atoms with van der Waals surface area (Å²) in [6, 6.07) is 8.46. The second kappa shape index (κ2) is 8.53. The van der Waals surface area contributed by atoms with E-state index in [4.69, 9.17) is 0 Å². The van der Waals surface area contributed by atoms with Crippen LogP contribution < -0.4 is 10.6 Å². The molecule has 2 heterocycles. The summed E-state index contributed by atoms with van der Waals surface area (Å²) in [5, 5.41) is 15.9. The monoisotopic (exact) mass is 354 g/mol. The Balaban J connectivity index is 1.46. The number of nitrogens with zero attached hydrogens (tertiary/aromatic N) is 2. The summed E-state index contributed by atoms with van der Waals surface area (Å²) in [5.41, 5.74) is 1.40. The van der Waals surface area contributed by atoms with E-state index >= 15 is 0 Å². The van der Waals surface area contributed by atoms with Crippen molar-refractivity contribution in [3.8, 4) is 0 Å². The van der Waals surface area contributed by atoms with Gasteiger partial charge in [-0.3, -0.25) is 19.6 Å². The Kier molecular flexibility index (Phi) is 5.91. The maximum Gasteiger partial charge on any atom is 0.251 e. The van der Waals surface area contributed by atoms with Gasteiger partial charge in [-0.25, -0.2) is 0 Å². The molecule has 3 rings (SSSR count). The fourth-order valence-electron chi connectivity index (χ4n) is 3.14. The Morgan fingerprint density at radius 1 is 1.12 bits per heavy atom. The SMILES string of the molecule is O=C(N[C@@H]1C[C@H](C(=O)NCCc2ccccn2)C[C@H]1O)c1ccncc1. The second-order valence-corrected chi connectivity index (χ2v) is 6.41. The van der Waals surface area contributed by atoms with Crippen molar-refractivity contribution in [3.05, 3.63) is 60.2 Å². The number of carbonyl (C=O) groups is 2. The Morgan fingerprint density at radius 3 is 2.65 bits per heavy atom. The molecule has 2 amide bonds. The predicted octanol–water partition coefficient (Wildman–Crippen LogP) is 0.705. The number of aliphatic hydroxyl groups is 1. The van der Waals surface area contributed by atoms with Crippen molar-refractivity contribution in [2.75, 3.05) is 6.54 Å². The largest absolute Gasteiger partial charge is 0.391 e.